The van der Waals surface area contributed by atoms with Crippen molar-refractivity contribution < 1.29 is 14.3 Å². The highest BCUT2D eigenvalue weighted by atomic mass is 79.9. The molecule has 0 saturated heterocycles. The number of carbonyl (C=O) groups is 2. The molecule has 0 aliphatic rings. The molecule has 0 unspecified atom stereocenters. The van der Waals surface area contributed by atoms with Crippen LogP contribution in [0.3, 0.4) is 0 Å². The van der Waals surface area contributed by atoms with E-state index in [1.165, 1.54) is 0 Å². The van der Waals surface area contributed by atoms with Crippen molar-refractivity contribution in [3.63, 3.8) is 0 Å². The average molecular weight is 329 g/mol. The van der Waals surface area contributed by atoms with E-state index in [4.69, 9.17) is 4.74 Å². The van der Waals surface area contributed by atoms with Crippen LogP contribution in [-0.2, 0) is 14.3 Å². The van der Waals surface area contributed by atoms with Crippen molar-refractivity contribution in [2.75, 3.05) is 25.6 Å². The minimum atomic E-state index is -0.327. The number of hydrogen-bond acceptors (Lipinski definition) is 3. The van der Waals surface area contributed by atoms with Crippen molar-refractivity contribution in [3.8, 4) is 0 Å². The van der Waals surface area contributed by atoms with E-state index in [1.807, 2.05) is 12.1 Å². The van der Waals surface area contributed by atoms with Crippen LogP contribution in [0.1, 0.15) is 12.8 Å². The fourth-order valence-corrected chi connectivity index (χ4v) is 1.66. The molecule has 19 heavy (non-hydrogen) atoms. The summed E-state index contributed by atoms with van der Waals surface area (Å²) in [6, 6.07) is 7.16. The van der Waals surface area contributed by atoms with E-state index in [9.17, 15) is 9.59 Å². The number of ether oxygens (including phenoxy) is 1. The van der Waals surface area contributed by atoms with Gasteiger partial charge in [-0.05, 0) is 30.7 Å². The Balaban J connectivity index is 2.26. The summed E-state index contributed by atoms with van der Waals surface area (Å²) in [5, 5.41) is 5.31. The van der Waals surface area contributed by atoms with Crippen LogP contribution in [-0.4, -0.2) is 32.1 Å². The fraction of sp³-hybridized carbons (Fsp3) is 0.385. The standard InChI is InChI=1S/C13H17BrN2O3/c1-19-8-2-7-15-12(17)9-13(18)16-11-5-3-10(14)4-6-11/h3-6H,2,7-9H2,1H3,(H,15,17)(H,16,18). The van der Waals surface area contributed by atoms with Gasteiger partial charge >= 0.3 is 0 Å². The van der Waals surface area contributed by atoms with Gasteiger partial charge in [-0.3, -0.25) is 9.59 Å². The monoisotopic (exact) mass is 328 g/mol. The summed E-state index contributed by atoms with van der Waals surface area (Å²) in [6.07, 6.45) is 0.555. The second kappa shape index (κ2) is 8.66. The molecule has 0 atom stereocenters. The van der Waals surface area contributed by atoms with Gasteiger partial charge in [0.05, 0.1) is 0 Å². The Hall–Kier alpha value is -1.40. The SMILES string of the molecule is COCCCNC(=O)CC(=O)Nc1ccc(Br)cc1. The van der Waals surface area contributed by atoms with E-state index in [0.717, 1.165) is 10.9 Å². The topological polar surface area (TPSA) is 67.4 Å². The predicted molar refractivity (Wildman–Crippen MR) is 76.9 cm³/mol. The highest BCUT2D eigenvalue weighted by molar-refractivity contribution is 9.10. The molecule has 5 nitrogen and oxygen atoms in total. The molecule has 0 radical (unpaired) electrons. The van der Waals surface area contributed by atoms with Gasteiger partial charge in [0.1, 0.15) is 6.42 Å². The number of halogens is 1. The molecule has 0 aromatic heterocycles. The molecular formula is C13H17BrN2O3. The van der Waals surface area contributed by atoms with Crippen LogP contribution in [0, 0.1) is 0 Å². The van der Waals surface area contributed by atoms with Crippen molar-refractivity contribution in [2.45, 2.75) is 12.8 Å². The average Bonchev–Trinajstić information content (AvgIpc) is 2.37. The highest BCUT2D eigenvalue weighted by Crippen LogP contribution is 2.14. The van der Waals surface area contributed by atoms with Crippen LogP contribution < -0.4 is 10.6 Å². The Labute approximate surface area is 120 Å². The Morgan fingerprint density at radius 1 is 1.21 bits per heavy atom. The summed E-state index contributed by atoms with van der Waals surface area (Å²) in [4.78, 5) is 23.0. The van der Waals surface area contributed by atoms with Crippen LogP contribution in [0.15, 0.2) is 28.7 Å². The van der Waals surface area contributed by atoms with Gasteiger partial charge in [0.25, 0.3) is 0 Å². The van der Waals surface area contributed by atoms with E-state index in [0.29, 0.717) is 18.8 Å². The third-order valence-corrected chi connectivity index (χ3v) is 2.83. The molecule has 0 fully saturated rings. The molecule has 0 heterocycles. The maximum absolute atomic E-state index is 11.6. The van der Waals surface area contributed by atoms with Crippen molar-refractivity contribution in [3.05, 3.63) is 28.7 Å². The van der Waals surface area contributed by atoms with Gasteiger partial charge in [-0.2, -0.15) is 0 Å². The number of methoxy groups -OCH3 is 1. The predicted octanol–water partition coefficient (Wildman–Crippen LogP) is 1.93. The summed E-state index contributed by atoms with van der Waals surface area (Å²) in [6.45, 7) is 1.10. The quantitative estimate of drug-likeness (QED) is 0.593. The summed E-state index contributed by atoms with van der Waals surface area (Å²) in [5.41, 5.74) is 0.667. The molecule has 6 heteroatoms. The van der Waals surface area contributed by atoms with E-state index in [2.05, 4.69) is 26.6 Å². The van der Waals surface area contributed by atoms with Crippen LogP contribution in [0.25, 0.3) is 0 Å². The molecule has 0 aliphatic carbocycles. The number of hydrogen-bond donors (Lipinski definition) is 2. The molecule has 2 amide bonds. The molecule has 0 aliphatic heterocycles. The normalized spacial score (nSPS) is 10.0. The minimum Gasteiger partial charge on any atom is -0.385 e. The zero-order valence-corrected chi connectivity index (χ0v) is 12.3. The first-order valence-corrected chi connectivity index (χ1v) is 6.72. The summed E-state index contributed by atoms with van der Waals surface area (Å²) < 4.78 is 5.79. The van der Waals surface area contributed by atoms with E-state index in [1.54, 1.807) is 19.2 Å². The maximum Gasteiger partial charge on any atom is 0.233 e. The third kappa shape index (κ3) is 6.93. The van der Waals surface area contributed by atoms with Crippen molar-refractivity contribution in [2.24, 2.45) is 0 Å². The molecule has 104 valence electrons. The number of amides is 2. The zero-order chi connectivity index (χ0) is 14.1. The maximum atomic E-state index is 11.6. The molecule has 0 bridgehead atoms. The Bertz CT molecular complexity index is 420. The smallest absolute Gasteiger partial charge is 0.233 e. The van der Waals surface area contributed by atoms with Crippen LogP contribution >= 0.6 is 15.9 Å². The van der Waals surface area contributed by atoms with Gasteiger partial charge in [-0.1, -0.05) is 15.9 Å². The molecule has 1 aromatic carbocycles. The third-order valence-electron chi connectivity index (χ3n) is 2.30. The number of anilines is 1. The Kier molecular flexibility index (Phi) is 7.14. The molecule has 0 saturated carbocycles. The lowest BCUT2D eigenvalue weighted by Gasteiger charge is -2.06. The molecule has 2 N–H and O–H groups in total. The molecular weight excluding hydrogens is 312 g/mol. The molecule has 0 spiro atoms. The van der Waals surface area contributed by atoms with Gasteiger partial charge in [-0.15, -0.1) is 0 Å². The molecule has 1 aromatic rings. The number of nitrogens with one attached hydrogen (secondary N) is 2. The molecule has 1 rings (SSSR count). The second-order valence-corrected chi connectivity index (χ2v) is 4.84. The largest absolute Gasteiger partial charge is 0.385 e. The van der Waals surface area contributed by atoms with Gasteiger partial charge in [0, 0.05) is 30.4 Å². The second-order valence-electron chi connectivity index (χ2n) is 3.93. The van der Waals surface area contributed by atoms with E-state index in [-0.39, 0.29) is 18.2 Å². The first-order chi connectivity index (χ1) is 9.11. The van der Waals surface area contributed by atoms with Crippen molar-refractivity contribution in [1.82, 2.24) is 5.32 Å². The summed E-state index contributed by atoms with van der Waals surface area (Å²) in [7, 11) is 1.60. The summed E-state index contributed by atoms with van der Waals surface area (Å²) in [5.74, 6) is -0.614. The summed E-state index contributed by atoms with van der Waals surface area (Å²) >= 11 is 3.31. The van der Waals surface area contributed by atoms with E-state index < -0.39 is 0 Å². The van der Waals surface area contributed by atoms with Gasteiger partial charge in [-0.25, -0.2) is 0 Å². The first kappa shape index (κ1) is 15.7. The number of rotatable bonds is 7. The van der Waals surface area contributed by atoms with Crippen molar-refractivity contribution >= 4 is 33.4 Å². The number of carbonyl (C=O) groups excluding carboxylic acids is 2. The van der Waals surface area contributed by atoms with Gasteiger partial charge in [0.2, 0.25) is 11.8 Å². The van der Waals surface area contributed by atoms with Crippen LogP contribution in [0.5, 0.6) is 0 Å². The van der Waals surface area contributed by atoms with Crippen molar-refractivity contribution in [1.29, 1.82) is 0 Å². The lowest BCUT2D eigenvalue weighted by atomic mass is 10.3. The first-order valence-electron chi connectivity index (χ1n) is 5.93. The van der Waals surface area contributed by atoms with Gasteiger partial charge in [0.15, 0.2) is 0 Å². The van der Waals surface area contributed by atoms with Crippen LogP contribution in [0.4, 0.5) is 5.69 Å². The Morgan fingerprint density at radius 3 is 2.53 bits per heavy atom. The highest BCUT2D eigenvalue weighted by Gasteiger charge is 2.08. The lowest BCUT2D eigenvalue weighted by molar-refractivity contribution is -0.126. The number of benzene rings is 1. The zero-order valence-electron chi connectivity index (χ0n) is 10.7. The minimum absolute atomic E-state index is 0.178. The Morgan fingerprint density at radius 2 is 1.89 bits per heavy atom. The van der Waals surface area contributed by atoms with E-state index >= 15 is 0 Å². The van der Waals surface area contributed by atoms with Gasteiger partial charge < -0.3 is 15.4 Å². The van der Waals surface area contributed by atoms with Crippen LogP contribution in [0.2, 0.25) is 0 Å². The fourth-order valence-electron chi connectivity index (χ4n) is 1.39. The lowest BCUT2D eigenvalue weighted by Crippen LogP contribution is -2.29.